The summed E-state index contributed by atoms with van der Waals surface area (Å²) in [6, 6.07) is 81.7. The third-order valence-electron chi connectivity index (χ3n) is 12.1. The van der Waals surface area contributed by atoms with Gasteiger partial charge in [0, 0.05) is 62.0 Å². The maximum absolute atomic E-state index is 2.48. The molecule has 59 heavy (non-hydrogen) atoms. The highest BCUT2D eigenvalue weighted by Gasteiger charge is 2.43. The van der Waals surface area contributed by atoms with Crippen LogP contribution in [0.15, 0.2) is 224 Å². The molecule has 0 fully saturated rings. The monoisotopic (exact) mass is 752 g/mol. The van der Waals surface area contributed by atoms with Gasteiger partial charge in [-0.15, -0.1) is 0 Å². The first kappa shape index (κ1) is 33.4. The second-order valence-electron chi connectivity index (χ2n) is 15.3. The van der Waals surface area contributed by atoms with E-state index in [1.54, 1.807) is 0 Å². The van der Waals surface area contributed by atoms with E-state index in [9.17, 15) is 0 Å². The first-order valence-electron chi connectivity index (χ1n) is 20.3. The normalized spacial score (nSPS) is 12.6. The maximum atomic E-state index is 2.48. The van der Waals surface area contributed by atoms with Crippen molar-refractivity contribution >= 4 is 96.1 Å². The van der Waals surface area contributed by atoms with E-state index in [-0.39, 0.29) is 6.71 Å². The van der Waals surface area contributed by atoms with Crippen molar-refractivity contribution in [2.24, 2.45) is 0 Å². The predicted molar refractivity (Wildman–Crippen MR) is 249 cm³/mol. The van der Waals surface area contributed by atoms with E-state index >= 15 is 0 Å². The molecule has 12 rings (SSSR count). The van der Waals surface area contributed by atoms with Crippen molar-refractivity contribution < 1.29 is 0 Å². The highest BCUT2D eigenvalue weighted by Crippen LogP contribution is 2.47. The lowest BCUT2D eigenvalue weighted by atomic mass is 9.33. The second kappa shape index (κ2) is 13.4. The fraction of sp³-hybridized carbons (Fsp3) is 0. The zero-order valence-electron chi connectivity index (χ0n) is 32.2. The third kappa shape index (κ3) is 5.11. The molecule has 4 nitrogen and oxygen atoms in total. The molecule has 0 bridgehead atoms. The minimum Gasteiger partial charge on any atom is -0.311 e. The summed E-state index contributed by atoms with van der Waals surface area (Å²) in [5, 5.41) is 2.45. The zero-order valence-corrected chi connectivity index (χ0v) is 32.2. The fourth-order valence-electron chi connectivity index (χ4n) is 9.75. The van der Waals surface area contributed by atoms with Crippen LogP contribution in [0.3, 0.4) is 0 Å². The van der Waals surface area contributed by atoms with E-state index in [1.807, 2.05) is 0 Å². The Bertz CT molecular complexity index is 3180. The van der Waals surface area contributed by atoms with Crippen LogP contribution in [-0.4, -0.2) is 11.3 Å². The largest absolute Gasteiger partial charge is 0.311 e. The summed E-state index contributed by atoms with van der Waals surface area (Å²) >= 11 is 0. The fourth-order valence-corrected chi connectivity index (χ4v) is 9.75. The average Bonchev–Trinajstić information content (AvgIpc) is 3.65. The number of aromatic nitrogens is 1. The van der Waals surface area contributed by atoms with Gasteiger partial charge in [-0.2, -0.15) is 0 Å². The molecule has 5 heteroatoms. The van der Waals surface area contributed by atoms with Crippen molar-refractivity contribution in [1.82, 2.24) is 4.57 Å². The molecule has 0 radical (unpaired) electrons. The van der Waals surface area contributed by atoms with Gasteiger partial charge in [0.2, 0.25) is 0 Å². The molecule has 0 N–H and O–H groups in total. The Morgan fingerprint density at radius 1 is 0.356 bits per heavy atom. The number of benzene rings is 9. The van der Waals surface area contributed by atoms with Crippen LogP contribution in [0.1, 0.15) is 0 Å². The summed E-state index contributed by atoms with van der Waals surface area (Å²) in [6.07, 6.45) is 0. The molecule has 0 unspecified atom stereocenters. The maximum Gasteiger partial charge on any atom is 0.252 e. The Balaban J connectivity index is 1.14. The van der Waals surface area contributed by atoms with Crippen molar-refractivity contribution in [3.05, 3.63) is 224 Å². The van der Waals surface area contributed by atoms with Gasteiger partial charge in [0.05, 0.1) is 16.7 Å². The lowest BCUT2D eigenvalue weighted by Crippen LogP contribution is -2.61. The van der Waals surface area contributed by atoms with Gasteiger partial charge >= 0.3 is 0 Å². The standard InChI is InChI=1S/C54H37BN4/c1-5-19-38(20-6-1)56(51-34-17-28-44-43-27-13-15-30-47(43)59(54(44)51)41-25-11-4-12-26-41)42-35-36-46-52(37-42)58(40-23-9-3-10-24-40)50-33-18-32-49-53(50)55(46)45-29-14-16-31-48(45)57(49)39-21-7-2-8-22-39/h1-37H. The molecule has 0 atom stereocenters. The van der Waals surface area contributed by atoms with E-state index in [1.165, 1.54) is 60.9 Å². The average molecular weight is 753 g/mol. The number of para-hydroxylation sites is 7. The Morgan fingerprint density at radius 3 is 1.59 bits per heavy atom. The molecule has 2 aliphatic heterocycles. The first-order valence-corrected chi connectivity index (χ1v) is 20.3. The second-order valence-corrected chi connectivity index (χ2v) is 15.3. The van der Waals surface area contributed by atoms with Crippen molar-refractivity contribution in [2.75, 3.05) is 14.7 Å². The molecule has 3 heterocycles. The van der Waals surface area contributed by atoms with Crippen LogP contribution in [0.25, 0.3) is 27.5 Å². The predicted octanol–water partition coefficient (Wildman–Crippen LogP) is 12.3. The summed E-state index contributed by atoms with van der Waals surface area (Å²) in [7, 11) is 0. The van der Waals surface area contributed by atoms with Crippen LogP contribution in [0.2, 0.25) is 0 Å². The van der Waals surface area contributed by atoms with Gasteiger partial charge < -0.3 is 19.3 Å². The summed E-state index contributed by atoms with van der Waals surface area (Å²) in [6.45, 7) is 0.0376. The van der Waals surface area contributed by atoms with Crippen LogP contribution < -0.4 is 31.1 Å². The van der Waals surface area contributed by atoms with Gasteiger partial charge in [0.25, 0.3) is 6.71 Å². The summed E-state index contributed by atoms with van der Waals surface area (Å²) in [4.78, 5) is 7.37. The molecule has 0 saturated carbocycles. The van der Waals surface area contributed by atoms with E-state index < -0.39 is 0 Å². The van der Waals surface area contributed by atoms with Crippen molar-refractivity contribution in [3.8, 4) is 5.69 Å². The van der Waals surface area contributed by atoms with Gasteiger partial charge in [0.15, 0.2) is 0 Å². The van der Waals surface area contributed by atoms with Crippen molar-refractivity contribution in [2.45, 2.75) is 0 Å². The van der Waals surface area contributed by atoms with Crippen molar-refractivity contribution in [1.29, 1.82) is 0 Å². The lowest BCUT2D eigenvalue weighted by molar-refractivity contribution is 1.17. The zero-order chi connectivity index (χ0) is 38.9. The summed E-state index contributed by atoms with van der Waals surface area (Å²) in [5.74, 6) is 0. The van der Waals surface area contributed by atoms with Crippen LogP contribution in [0.4, 0.5) is 51.2 Å². The third-order valence-corrected chi connectivity index (χ3v) is 12.1. The van der Waals surface area contributed by atoms with Gasteiger partial charge in [-0.1, -0.05) is 133 Å². The van der Waals surface area contributed by atoms with Gasteiger partial charge in [0.1, 0.15) is 0 Å². The van der Waals surface area contributed by atoms with Crippen LogP contribution in [-0.2, 0) is 0 Å². The number of rotatable bonds is 6. The number of hydrogen-bond acceptors (Lipinski definition) is 3. The van der Waals surface area contributed by atoms with E-state index in [0.29, 0.717) is 0 Å². The molecule has 276 valence electrons. The van der Waals surface area contributed by atoms with Gasteiger partial charge in [-0.25, -0.2) is 0 Å². The molecule has 0 spiro atoms. The Hall–Kier alpha value is -7.76. The number of nitrogens with zero attached hydrogens (tertiary/aromatic N) is 4. The van der Waals surface area contributed by atoms with Gasteiger partial charge in [-0.05, 0) is 107 Å². The quantitative estimate of drug-likeness (QED) is 0.157. The first-order chi connectivity index (χ1) is 29.3. The van der Waals surface area contributed by atoms with Crippen LogP contribution in [0, 0.1) is 0 Å². The molecule has 2 aliphatic rings. The van der Waals surface area contributed by atoms with E-state index in [4.69, 9.17) is 0 Å². The molecule has 9 aromatic carbocycles. The number of fused-ring (bicyclic) bond motifs is 7. The molecule has 0 amide bonds. The minimum atomic E-state index is 0.0376. The molecular formula is C54H37BN4. The number of hydrogen-bond donors (Lipinski definition) is 0. The van der Waals surface area contributed by atoms with Crippen molar-refractivity contribution in [3.63, 3.8) is 0 Å². The van der Waals surface area contributed by atoms with Crippen LogP contribution >= 0.6 is 0 Å². The SMILES string of the molecule is c1ccc(N2c3ccccc3B3c4ccc(N(c5ccccc5)c5cccc6c7ccccc7n(-c7ccccc7)c56)cc4N(c4ccccc4)c4cccc2c43)cc1. The Kier molecular flexibility index (Phi) is 7.60. The van der Waals surface area contributed by atoms with Crippen LogP contribution in [0.5, 0.6) is 0 Å². The number of anilines is 9. The minimum absolute atomic E-state index is 0.0376. The molecule has 1 aromatic heterocycles. The highest BCUT2D eigenvalue weighted by atomic mass is 15.2. The van der Waals surface area contributed by atoms with Gasteiger partial charge in [-0.3, -0.25) is 0 Å². The van der Waals surface area contributed by atoms with E-state index in [0.717, 1.165) is 34.1 Å². The topological polar surface area (TPSA) is 14.7 Å². The summed E-state index contributed by atoms with van der Waals surface area (Å²) < 4.78 is 2.43. The summed E-state index contributed by atoms with van der Waals surface area (Å²) in [5.41, 5.74) is 17.7. The highest BCUT2D eigenvalue weighted by molar-refractivity contribution is 7.00. The molecule has 0 saturated heterocycles. The molecule has 10 aromatic rings. The Morgan fingerprint density at radius 2 is 0.881 bits per heavy atom. The van der Waals surface area contributed by atoms with E-state index in [2.05, 4.69) is 244 Å². The Labute approximate surface area is 344 Å². The molecular weight excluding hydrogens is 715 g/mol. The lowest BCUT2D eigenvalue weighted by Gasteiger charge is -2.44. The smallest absolute Gasteiger partial charge is 0.252 e. The molecule has 0 aliphatic carbocycles.